The first-order chi connectivity index (χ1) is 8.88. The van der Waals surface area contributed by atoms with Crippen LogP contribution in [0.15, 0.2) is 0 Å². The molecular formula is C13H25N3O3. The predicted octanol–water partition coefficient (Wildman–Crippen LogP) is 0.347. The standard InChI is InChI=1S/C13H25N3O3/c1-8(2)5-11(16-13(14)19)12(18)15-7-9-3-4-10(17)6-9/h8-11,17H,3-7H2,1-2H3,(H,15,18)(H3,14,16,19). The molecule has 0 aromatic rings. The van der Waals surface area contributed by atoms with Crippen LogP contribution in [-0.4, -0.2) is 35.7 Å². The molecule has 1 rings (SSSR count). The van der Waals surface area contributed by atoms with Gasteiger partial charge in [0, 0.05) is 6.54 Å². The van der Waals surface area contributed by atoms with Gasteiger partial charge in [0.05, 0.1) is 6.10 Å². The third kappa shape index (κ3) is 5.92. The van der Waals surface area contributed by atoms with E-state index in [-0.39, 0.29) is 17.9 Å². The molecule has 0 aliphatic heterocycles. The Morgan fingerprint density at radius 1 is 1.37 bits per heavy atom. The largest absolute Gasteiger partial charge is 0.393 e. The predicted molar refractivity (Wildman–Crippen MR) is 72.3 cm³/mol. The fourth-order valence-corrected chi connectivity index (χ4v) is 2.48. The first kappa shape index (κ1) is 15.8. The first-order valence-electron chi connectivity index (χ1n) is 6.90. The molecule has 3 unspecified atom stereocenters. The molecule has 6 heteroatoms. The fraction of sp³-hybridized carbons (Fsp3) is 0.846. The van der Waals surface area contributed by atoms with Crippen LogP contribution in [0.1, 0.15) is 39.5 Å². The molecule has 0 aromatic heterocycles. The van der Waals surface area contributed by atoms with Crippen molar-refractivity contribution in [3.05, 3.63) is 0 Å². The molecule has 1 aliphatic carbocycles. The molecule has 1 saturated carbocycles. The normalized spacial score (nSPS) is 24.2. The summed E-state index contributed by atoms with van der Waals surface area (Å²) >= 11 is 0. The summed E-state index contributed by atoms with van der Waals surface area (Å²) < 4.78 is 0. The summed E-state index contributed by atoms with van der Waals surface area (Å²) in [6.07, 6.45) is 2.78. The number of carbonyl (C=O) groups is 2. The third-order valence-electron chi connectivity index (χ3n) is 3.42. The van der Waals surface area contributed by atoms with E-state index in [0.29, 0.717) is 18.9 Å². The van der Waals surface area contributed by atoms with Gasteiger partial charge in [-0.1, -0.05) is 13.8 Å². The highest BCUT2D eigenvalue weighted by atomic mass is 16.3. The number of aliphatic hydroxyl groups is 1. The quantitative estimate of drug-likeness (QED) is 0.560. The maximum Gasteiger partial charge on any atom is 0.312 e. The average molecular weight is 271 g/mol. The number of hydrogen-bond donors (Lipinski definition) is 4. The fourth-order valence-electron chi connectivity index (χ4n) is 2.48. The van der Waals surface area contributed by atoms with Crippen molar-refractivity contribution in [2.75, 3.05) is 6.54 Å². The van der Waals surface area contributed by atoms with Gasteiger partial charge in [-0.3, -0.25) is 4.79 Å². The minimum Gasteiger partial charge on any atom is -0.393 e. The minimum atomic E-state index is -0.683. The van der Waals surface area contributed by atoms with Crippen LogP contribution in [0.5, 0.6) is 0 Å². The number of carbonyl (C=O) groups excluding carboxylic acids is 2. The summed E-state index contributed by atoms with van der Waals surface area (Å²) in [4.78, 5) is 22.9. The van der Waals surface area contributed by atoms with E-state index < -0.39 is 12.1 Å². The molecule has 0 spiro atoms. The monoisotopic (exact) mass is 271 g/mol. The van der Waals surface area contributed by atoms with Crippen LogP contribution in [-0.2, 0) is 4.79 Å². The van der Waals surface area contributed by atoms with Gasteiger partial charge in [0.2, 0.25) is 5.91 Å². The van der Waals surface area contributed by atoms with Crippen molar-refractivity contribution in [2.45, 2.75) is 51.7 Å². The minimum absolute atomic E-state index is 0.200. The van der Waals surface area contributed by atoms with Crippen LogP contribution in [0.25, 0.3) is 0 Å². The summed E-state index contributed by atoms with van der Waals surface area (Å²) in [5.41, 5.74) is 5.08. The zero-order valence-corrected chi connectivity index (χ0v) is 11.7. The second kappa shape index (κ2) is 7.33. The van der Waals surface area contributed by atoms with Crippen molar-refractivity contribution in [3.63, 3.8) is 0 Å². The molecule has 0 aromatic carbocycles. The number of amides is 3. The Morgan fingerprint density at radius 2 is 2.05 bits per heavy atom. The number of rotatable bonds is 6. The lowest BCUT2D eigenvalue weighted by molar-refractivity contribution is -0.123. The second-order valence-corrected chi connectivity index (χ2v) is 5.77. The molecule has 0 bridgehead atoms. The third-order valence-corrected chi connectivity index (χ3v) is 3.42. The van der Waals surface area contributed by atoms with E-state index in [1.54, 1.807) is 0 Å². The molecule has 1 aliphatic rings. The van der Waals surface area contributed by atoms with E-state index in [0.717, 1.165) is 19.3 Å². The topological polar surface area (TPSA) is 104 Å². The van der Waals surface area contributed by atoms with Gasteiger partial charge in [-0.05, 0) is 37.5 Å². The van der Waals surface area contributed by atoms with E-state index in [9.17, 15) is 14.7 Å². The number of nitrogens with one attached hydrogen (secondary N) is 2. The average Bonchev–Trinajstić information content (AvgIpc) is 2.70. The molecule has 5 N–H and O–H groups in total. The Bertz CT molecular complexity index is 320. The Hall–Kier alpha value is -1.30. The summed E-state index contributed by atoms with van der Waals surface area (Å²) in [6.45, 7) is 4.51. The molecule has 0 saturated heterocycles. The van der Waals surface area contributed by atoms with E-state index in [1.165, 1.54) is 0 Å². The lowest BCUT2D eigenvalue weighted by atomic mass is 10.0. The highest BCUT2D eigenvalue weighted by Gasteiger charge is 2.25. The van der Waals surface area contributed by atoms with Crippen molar-refractivity contribution >= 4 is 11.9 Å². The number of primary amides is 1. The zero-order chi connectivity index (χ0) is 14.4. The van der Waals surface area contributed by atoms with Crippen LogP contribution in [0.2, 0.25) is 0 Å². The highest BCUT2D eigenvalue weighted by molar-refractivity contribution is 5.86. The lowest BCUT2D eigenvalue weighted by Gasteiger charge is -2.20. The van der Waals surface area contributed by atoms with Crippen molar-refractivity contribution in [3.8, 4) is 0 Å². The summed E-state index contributed by atoms with van der Waals surface area (Å²) in [6, 6.07) is -1.26. The molecule has 6 nitrogen and oxygen atoms in total. The molecule has 0 radical (unpaired) electrons. The van der Waals surface area contributed by atoms with Crippen molar-refractivity contribution in [1.29, 1.82) is 0 Å². The number of aliphatic hydroxyl groups excluding tert-OH is 1. The Morgan fingerprint density at radius 3 is 2.53 bits per heavy atom. The van der Waals surface area contributed by atoms with E-state index >= 15 is 0 Å². The first-order valence-corrected chi connectivity index (χ1v) is 6.90. The van der Waals surface area contributed by atoms with Gasteiger partial charge in [-0.15, -0.1) is 0 Å². The van der Waals surface area contributed by atoms with Crippen molar-refractivity contribution < 1.29 is 14.7 Å². The Labute approximate surface area is 114 Å². The van der Waals surface area contributed by atoms with Gasteiger partial charge < -0.3 is 21.5 Å². The number of hydrogen-bond acceptors (Lipinski definition) is 3. The number of urea groups is 1. The Kier molecular flexibility index (Phi) is 6.08. The zero-order valence-electron chi connectivity index (χ0n) is 11.7. The molecule has 110 valence electrons. The molecule has 3 atom stereocenters. The smallest absolute Gasteiger partial charge is 0.312 e. The summed E-state index contributed by atoms with van der Waals surface area (Å²) in [7, 11) is 0. The van der Waals surface area contributed by atoms with Crippen LogP contribution >= 0.6 is 0 Å². The van der Waals surface area contributed by atoms with Gasteiger partial charge in [0.25, 0.3) is 0 Å². The van der Waals surface area contributed by atoms with Gasteiger partial charge in [0.1, 0.15) is 6.04 Å². The van der Waals surface area contributed by atoms with Gasteiger partial charge in [0.15, 0.2) is 0 Å². The van der Waals surface area contributed by atoms with E-state index in [4.69, 9.17) is 5.73 Å². The van der Waals surface area contributed by atoms with Crippen molar-refractivity contribution in [2.24, 2.45) is 17.6 Å². The lowest BCUT2D eigenvalue weighted by Crippen LogP contribution is -2.49. The molecule has 1 fully saturated rings. The van der Waals surface area contributed by atoms with Crippen LogP contribution in [0, 0.1) is 11.8 Å². The van der Waals surface area contributed by atoms with Gasteiger partial charge in [-0.2, -0.15) is 0 Å². The van der Waals surface area contributed by atoms with Crippen LogP contribution in [0.4, 0.5) is 4.79 Å². The molecular weight excluding hydrogens is 246 g/mol. The maximum absolute atomic E-state index is 12.0. The van der Waals surface area contributed by atoms with Crippen LogP contribution in [0.3, 0.4) is 0 Å². The maximum atomic E-state index is 12.0. The van der Waals surface area contributed by atoms with E-state index in [1.807, 2.05) is 13.8 Å². The summed E-state index contributed by atoms with van der Waals surface area (Å²) in [5, 5.41) is 14.7. The van der Waals surface area contributed by atoms with Crippen LogP contribution < -0.4 is 16.4 Å². The molecule has 19 heavy (non-hydrogen) atoms. The summed E-state index contributed by atoms with van der Waals surface area (Å²) in [5.74, 6) is 0.414. The number of nitrogens with two attached hydrogens (primary N) is 1. The van der Waals surface area contributed by atoms with Gasteiger partial charge in [-0.25, -0.2) is 4.79 Å². The SMILES string of the molecule is CC(C)CC(NC(N)=O)C(=O)NCC1CCC(O)C1. The van der Waals surface area contributed by atoms with Gasteiger partial charge >= 0.3 is 6.03 Å². The highest BCUT2D eigenvalue weighted by Crippen LogP contribution is 2.24. The molecule has 0 heterocycles. The van der Waals surface area contributed by atoms with E-state index in [2.05, 4.69) is 10.6 Å². The van der Waals surface area contributed by atoms with Crippen molar-refractivity contribution in [1.82, 2.24) is 10.6 Å². The Balaban J connectivity index is 2.40. The molecule has 3 amide bonds. The second-order valence-electron chi connectivity index (χ2n) is 5.77.